The molecular weight excluding hydrogens is 306 g/mol. The summed E-state index contributed by atoms with van der Waals surface area (Å²) in [6.45, 7) is 2.18. The van der Waals surface area contributed by atoms with Gasteiger partial charge in [0.15, 0.2) is 0 Å². The number of hydrogen-bond donors (Lipinski definition) is 1. The molecule has 1 aliphatic rings. The van der Waals surface area contributed by atoms with Crippen LogP contribution in [0.5, 0.6) is 0 Å². The third-order valence-electron chi connectivity index (χ3n) is 2.84. The van der Waals surface area contributed by atoms with Crippen LogP contribution in [0.3, 0.4) is 0 Å². The molecule has 1 heterocycles. The Bertz CT molecular complexity index is 366. The van der Waals surface area contributed by atoms with Gasteiger partial charge in [-0.2, -0.15) is 11.8 Å². The van der Waals surface area contributed by atoms with Gasteiger partial charge in [0.1, 0.15) is 0 Å². The zero-order chi connectivity index (χ0) is 11.5. The molecule has 88 valence electrons. The molecule has 4 heteroatoms. The van der Waals surface area contributed by atoms with Gasteiger partial charge >= 0.3 is 0 Å². The molecule has 0 spiro atoms. The van der Waals surface area contributed by atoms with Crippen molar-refractivity contribution in [3.63, 3.8) is 0 Å². The third-order valence-corrected chi connectivity index (χ3v) is 4.83. The van der Waals surface area contributed by atoms with E-state index in [9.17, 15) is 0 Å². The fourth-order valence-electron chi connectivity index (χ4n) is 1.96. The standard InChI is InChI=1S/C12H15BrClNS/c1-8(15-10-4-5-16-7-10)11-3-2-9(13)6-12(11)14/h2-3,6,8,10,15H,4-5,7H2,1H3. The Morgan fingerprint density at radius 1 is 1.56 bits per heavy atom. The van der Waals surface area contributed by atoms with Crippen LogP contribution in [0.2, 0.25) is 5.02 Å². The van der Waals surface area contributed by atoms with Crippen molar-refractivity contribution in [1.29, 1.82) is 0 Å². The lowest BCUT2D eigenvalue weighted by molar-refractivity contribution is 0.486. The van der Waals surface area contributed by atoms with E-state index in [4.69, 9.17) is 11.6 Å². The van der Waals surface area contributed by atoms with Crippen molar-refractivity contribution in [2.45, 2.75) is 25.4 Å². The van der Waals surface area contributed by atoms with Crippen LogP contribution in [-0.4, -0.2) is 17.5 Å². The Hall–Kier alpha value is 0.300. The van der Waals surface area contributed by atoms with Gasteiger partial charge in [-0.25, -0.2) is 0 Å². The summed E-state index contributed by atoms with van der Waals surface area (Å²) in [5.74, 6) is 2.50. The predicted octanol–water partition coefficient (Wildman–Crippen LogP) is 4.26. The summed E-state index contributed by atoms with van der Waals surface area (Å²) in [4.78, 5) is 0. The Morgan fingerprint density at radius 2 is 2.38 bits per heavy atom. The van der Waals surface area contributed by atoms with Crippen molar-refractivity contribution >= 4 is 39.3 Å². The summed E-state index contributed by atoms with van der Waals surface area (Å²) in [6, 6.07) is 7.05. The van der Waals surface area contributed by atoms with Gasteiger partial charge in [-0.15, -0.1) is 0 Å². The monoisotopic (exact) mass is 319 g/mol. The van der Waals surface area contributed by atoms with E-state index in [1.54, 1.807) is 0 Å². The lowest BCUT2D eigenvalue weighted by atomic mass is 10.1. The summed E-state index contributed by atoms with van der Waals surface area (Å²) in [5, 5.41) is 4.47. The van der Waals surface area contributed by atoms with E-state index >= 15 is 0 Å². The van der Waals surface area contributed by atoms with Crippen molar-refractivity contribution in [3.05, 3.63) is 33.3 Å². The lowest BCUT2D eigenvalue weighted by Gasteiger charge is -2.20. The minimum Gasteiger partial charge on any atom is -0.307 e. The number of thioether (sulfide) groups is 1. The highest BCUT2D eigenvalue weighted by atomic mass is 79.9. The second-order valence-corrected chi connectivity index (χ2v) is 6.59. The zero-order valence-electron chi connectivity index (χ0n) is 9.17. The van der Waals surface area contributed by atoms with E-state index < -0.39 is 0 Å². The number of nitrogens with one attached hydrogen (secondary N) is 1. The highest BCUT2D eigenvalue weighted by Crippen LogP contribution is 2.28. The molecule has 0 radical (unpaired) electrons. The molecule has 0 aliphatic carbocycles. The molecule has 1 N–H and O–H groups in total. The Kier molecular flexibility index (Phi) is 4.59. The minimum absolute atomic E-state index is 0.323. The molecule has 1 saturated heterocycles. The molecule has 0 aromatic heterocycles. The van der Waals surface area contributed by atoms with Gasteiger partial charge in [0.25, 0.3) is 0 Å². The molecule has 0 amide bonds. The third kappa shape index (κ3) is 3.16. The van der Waals surface area contributed by atoms with Crippen molar-refractivity contribution in [1.82, 2.24) is 5.32 Å². The first kappa shape index (κ1) is 12.7. The van der Waals surface area contributed by atoms with E-state index in [2.05, 4.69) is 34.2 Å². The number of hydrogen-bond acceptors (Lipinski definition) is 2. The minimum atomic E-state index is 0.323. The summed E-state index contributed by atoms with van der Waals surface area (Å²) in [7, 11) is 0. The van der Waals surface area contributed by atoms with Crippen LogP contribution < -0.4 is 5.32 Å². The first-order valence-corrected chi connectivity index (χ1v) is 7.78. The maximum atomic E-state index is 6.23. The van der Waals surface area contributed by atoms with E-state index in [0.717, 1.165) is 9.50 Å². The van der Waals surface area contributed by atoms with Crippen LogP contribution in [-0.2, 0) is 0 Å². The molecule has 1 aliphatic heterocycles. The topological polar surface area (TPSA) is 12.0 Å². The maximum absolute atomic E-state index is 6.23. The summed E-state index contributed by atoms with van der Waals surface area (Å²) in [5.41, 5.74) is 1.18. The van der Waals surface area contributed by atoms with E-state index in [1.807, 2.05) is 23.9 Å². The Morgan fingerprint density at radius 3 is 3.00 bits per heavy atom. The SMILES string of the molecule is CC(NC1CCSC1)c1ccc(Br)cc1Cl. The van der Waals surface area contributed by atoms with Gasteiger partial charge in [0.05, 0.1) is 0 Å². The smallest absolute Gasteiger partial charge is 0.0464 e. The van der Waals surface area contributed by atoms with Crippen LogP contribution in [0.15, 0.2) is 22.7 Å². The molecule has 0 saturated carbocycles. The van der Waals surface area contributed by atoms with Crippen molar-refractivity contribution < 1.29 is 0 Å². The Balaban J connectivity index is 2.04. The first-order chi connectivity index (χ1) is 7.66. The van der Waals surface area contributed by atoms with Crippen molar-refractivity contribution in [3.8, 4) is 0 Å². The van der Waals surface area contributed by atoms with Gasteiger partial charge in [-0.05, 0) is 36.8 Å². The molecule has 2 atom stereocenters. The van der Waals surface area contributed by atoms with E-state index in [1.165, 1.54) is 23.5 Å². The van der Waals surface area contributed by atoms with Crippen molar-refractivity contribution in [2.24, 2.45) is 0 Å². The average Bonchev–Trinajstić information content (AvgIpc) is 2.70. The molecule has 0 bridgehead atoms. The molecule has 16 heavy (non-hydrogen) atoms. The molecule has 1 aromatic carbocycles. The lowest BCUT2D eigenvalue weighted by Crippen LogP contribution is -2.31. The second-order valence-electron chi connectivity index (χ2n) is 4.11. The highest BCUT2D eigenvalue weighted by Gasteiger charge is 2.19. The summed E-state index contributed by atoms with van der Waals surface area (Å²) in [6.07, 6.45) is 1.27. The van der Waals surface area contributed by atoms with Crippen LogP contribution in [0, 0.1) is 0 Å². The van der Waals surface area contributed by atoms with Gasteiger partial charge in [-0.1, -0.05) is 33.6 Å². The van der Waals surface area contributed by atoms with Crippen LogP contribution in [0.1, 0.15) is 24.9 Å². The molecular formula is C12H15BrClNS. The first-order valence-electron chi connectivity index (χ1n) is 5.45. The van der Waals surface area contributed by atoms with Crippen LogP contribution in [0.25, 0.3) is 0 Å². The molecule has 1 fully saturated rings. The van der Waals surface area contributed by atoms with Gasteiger partial charge in [0, 0.05) is 27.3 Å². The largest absolute Gasteiger partial charge is 0.307 e. The number of rotatable bonds is 3. The zero-order valence-corrected chi connectivity index (χ0v) is 12.3. The fourth-order valence-corrected chi connectivity index (χ4v) is 3.96. The van der Waals surface area contributed by atoms with Crippen LogP contribution in [0.4, 0.5) is 0 Å². The summed E-state index contributed by atoms with van der Waals surface area (Å²) >= 11 is 11.7. The van der Waals surface area contributed by atoms with Gasteiger partial charge < -0.3 is 5.32 Å². The molecule has 2 rings (SSSR count). The fraction of sp³-hybridized carbons (Fsp3) is 0.500. The van der Waals surface area contributed by atoms with Crippen LogP contribution >= 0.6 is 39.3 Å². The van der Waals surface area contributed by atoms with Crippen molar-refractivity contribution in [2.75, 3.05) is 11.5 Å². The van der Waals surface area contributed by atoms with Gasteiger partial charge in [0.2, 0.25) is 0 Å². The maximum Gasteiger partial charge on any atom is 0.0464 e. The predicted molar refractivity (Wildman–Crippen MR) is 76.4 cm³/mol. The second kappa shape index (κ2) is 5.76. The van der Waals surface area contributed by atoms with Gasteiger partial charge in [-0.3, -0.25) is 0 Å². The van der Waals surface area contributed by atoms with E-state index in [0.29, 0.717) is 12.1 Å². The normalized spacial score (nSPS) is 22.3. The molecule has 2 unspecified atom stereocenters. The Labute approximate surface area is 114 Å². The highest BCUT2D eigenvalue weighted by molar-refractivity contribution is 9.10. The average molecular weight is 321 g/mol. The van der Waals surface area contributed by atoms with E-state index in [-0.39, 0.29) is 0 Å². The number of halogens is 2. The quantitative estimate of drug-likeness (QED) is 0.893. The molecule has 1 aromatic rings. The summed E-state index contributed by atoms with van der Waals surface area (Å²) < 4.78 is 1.03. The number of benzene rings is 1. The molecule has 1 nitrogen and oxygen atoms in total.